The van der Waals surface area contributed by atoms with E-state index in [2.05, 4.69) is 6.07 Å². The van der Waals surface area contributed by atoms with Crippen molar-refractivity contribution in [2.75, 3.05) is 0 Å². The molecule has 0 saturated heterocycles. The molecular formula is C6H4NO2Y-. The van der Waals surface area contributed by atoms with E-state index in [0.29, 0.717) is 0 Å². The molecule has 0 aliphatic rings. The van der Waals surface area contributed by atoms with E-state index in [1.54, 1.807) is 12.1 Å². The molecule has 0 amide bonds. The van der Waals surface area contributed by atoms with Crippen LogP contribution in [0.15, 0.2) is 24.3 Å². The Labute approximate surface area is 83.5 Å². The van der Waals surface area contributed by atoms with Gasteiger partial charge in [0.2, 0.25) is 0 Å². The van der Waals surface area contributed by atoms with Crippen molar-refractivity contribution in [1.82, 2.24) is 0 Å². The number of benzene rings is 1. The van der Waals surface area contributed by atoms with Crippen molar-refractivity contribution >= 4 is 5.69 Å². The van der Waals surface area contributed by atoms with Crippen LogP contribution in [0, 0.1) is 16.2 Å². The van der Waals surface area contributed by atoms with Crippen molar-refractivity contribution in [3.63, 3.8) is 0 Å². The fourth-order valence-corrected chi connectivity index (χ4v) is 0.497. The molecule has 4 heteroatoms. The van der Waals surface area contributed by atoms with Crippen molar-refractivity contribution < 1.29 is 37.6 Å². The number of nitro groups is 1. The minimum atomic E-state index is -0.472. The fraction of sp³-hybridized carbons (Fsp3) is 0. The third kappa shape index (κ3) is 2.54. The van der Waals surface area contributed by atoms with Crippen LogP contribution in [0.5, 0.6) is 0 Å². The van der Waals surface area contributed by atoms with Gasteiger partial charge in [0.05, 0.1) is 0 Å². The third-order valence-electron chi connectivity index (χ3n) is 0.889. The molecule has 0 unspecified atom stereocenters. The number of nitrogens with zero attached hydrogens (tertiary/aromatic N) is 1. The summed E-state index contributed by atoms with van der Waals surface area (Å²) in [5, 5.41) is 9.98. The Morgan fingerprint density at radius 3 is 2.50 bits per heavy atom. The molecule has 1 aromatic carbocycles. The number of hydrogen-bond acceptors (Lipinski definition) is 2. The first kappa shape index (κ1) is 9.72. The largest absolute Gasteiger partial charge is 0.260 e. The average Bonchev–Trinajstić information content (AvgIpc) is 1.90. The van der Waals surface area contributed by atoms with Crippen molar-refractivity contribution in [2.45, 2.75) is 0 Å². The van der Waals surface area contributed by atoms with E-state index in [1.165, 1.54) is 12.1 Å². The first-order chi connectivity index (χ1) is 4.30. The molecule has 10 heavy (non-hydrogen) atoms. The van der Waals surface area contributed by atoms with Crippen molar-refractivity contribution in [3.8, 4) is 0 Å². The molecule has 0 spiro atoms. The van der Waals surface area contributed by atoms with E-state index < -0.39 is 4.92 Å². The Morgan fingerprint density at radius 1 is 1.50 bits per heavy atom. The number of para-hydroxylation sites is 1. The first-order valence-corrected chi connectivity index (χ1v) is 2.42. The molecule has 0 atom stereocenters. The fourth-order valence-electron chi connectivity index (χ4n) is 0.497. The van der Waals surface area contributed by atoms with E-state index in [1.807, 2.05) is 0 Å². The molecule has 0 fully saturated rings. The maximum atomic E-state index is 9.98. The summed E-state index contributed by atoms with van der Waals surface area (Å²) in [4.78, 5) is 9.50. The average molecular weight is 211 g/mol. The Balaban J connectivity index is 0.000000810. The van der Waals surface area contributed by atoms with E-state index in [4.69, 9.17) is 0 Å². The molecule has 0 aliphatic heterocycles. The van der Waals surface area contributed by atoms with Gasteiger partial charge in [-0.3, -0.25) is 10.1 Å². The molecule has 0 saturated carbocycles. The van der Waals surface area contributed by atoms with Crippen molar-refractivity contribution in [2.24, 2.45) is 0 Å². The molecule has 0 aromatic heterocycles. The van der Waals surface area contributed by atoms with Gasteiger partial charge in [0.15, 0.2) is 5.69 Å². The monoisotopic (exact) mass is 211 g/mol. The van der Waals surface area contributed by atoms with Gasteiger partial charge in [-0.25, -0.2) is 0 Å². The zero-order valence-corrected chi connectivity index (χ0v) is 7.99. The van der Waals surface area contributed by atoms with Crippen molar-refractivity contribution in [3.05, 3.63) is 40.4 Å². The number of rotatable bonds is 1. The predicted octanol–water partition coefficient (Wildman–Crippen LogP) is 1.39. The van der Waals surface area contributed by atoms with Crippen LogP contribution in [0.4, 0.5) is 5.69 Å². The summed E-state index contributed by atoms with van der Waals surface area (Å²) in [7, 11) is 0. The standard InChI is InChI=1S/C6H4NO2.Y/c8-7(9)6-4-2-1-3-5-6;/h1-4H;/q-1;. The zero-order chi connectivity index (χ0) is 6.69. The van der Waals surface area contributed by atoms with Crippen LogP contribution in [0.25, 0.3) is 0 Å². The van der Waals surface area contributed by atoms with E-state index in [0.717, 1.165) is 0 Å². The van der Waals surface area contributed by atoms with Crippen LogP contribution in [0.3, 0.4) is 0 Å². The Bertz CT molecular complexity index is 212. The molecule has 49 valence electrons. The molecule has 1 rings (SSSR count). The second-order valence-corrected chi connectivity index (χ2v) is 1.50. The van der Waals surface area contributed by atoms with Gasteiger partial charge < -0.3 is 0 Å². The number of nitro benzene ring substituents is 1. The summed E-state index contributed by atoms with van der Waals surface area (Å²) in [6.07, 6.45) is 0. The second kappa shape index (κ2) is 4.53. The Hall–Kier alpha value is -0.276. The predicted molar refractivity (Wildman–Crippen MR) is 31.9 cm³/mol. The first-order valence-electron chi connectivity index (χ1n) is 2.42. The van der Waals surface area contributed by atoms with Gasteiger partial charge in [-0.15, -0.1) is 6.07 Å². The van der Waals surface area contributed by atoms with Crippen LogP contribution in [0.1, 0.15) is 0 Å². The molecule has 0 N–H and O–H groups in total. The van der Waals surface area contributed by atoms with Gasteiger partial charge in [-0.1, -0.05) is 6.07 Å². The van der Waals surface area contributed by atoms with Crippen molar-refractivity contribution in [1.29, 1.82) is 0 Å². The molecular weight excluding hydrogens is 207 g/mol. The third-order valence-corrected chi connectivity index (χ3v) is 0.889. The molecule has 1 radical (unpaired) electrons. The van der Waals surface area contributed by atoms with Crippen LogP contribution in [0.2, 0.25) is 0 Å². The minimum absolute atomic E-state index is 0. The molecule has 0 bridgehead atoms. The summed E-state index contributed by atoms with van der Waals surface area (Å²) in [5.74, 6) is 0. The zero-order valence-electron chi connectivity index (χ0n) is 5.15. The van der Waals surface area contributed by atoms with E-state index >= 15 is 0 Å². The number of hydrogen-bond donors (Lipinski definition) is 0. The summed E-state index contributed by atoms with van der Waals surface area (Å²) < 4.78 is 0. The topological polar surface area (TPSA) is 43.1 Å². The summed E-state index contributed by atoms with van der Waals surface area (Å²) >= 11 is 0. The summed E-state index contributed by atoms with van der Waals surface area (Å²) in [6.45, 7) is 0. The summed E-state index contributed by atoms with van der Waals surface area (Å²) in [5.41, 5.74) is 0.0116. The Morgan fingerprint density at radius 2 is 2.20 bits per heavy atom. The van der Waals surface area contributed by atoms with Gasteiger partial charge in [-0.2, -0.15) is 18.2 Å². The molecule has 0 heterocycles. The summed E-state index contributed by atoms with van der Waals surface area (Å²) in [6, 6.07) is 8.68. The quantitative estimate of drug-likeness (QED) is 0.400. The van der Waals surface area contributed by atoms with E-state index in [-0.39, 0.29) is 38.4 Å². The maximum Gasteiger partial charge on any atom is 0.162 e. The smallest absolute Gasteiger partial charge is 0.162 e. The van der Waals surface area contributed by atoms with E-state index in [9.17, 15) is 10.1 Å². The molecule has 1 aromatic rings. The Kier molecular flexibility index (Phi) is 4.40. The molecule has 0 aliphatic carbocycles. The minimum Gasteiger partial charge on any atom is -0.260 e. The SMILES string of the molecule is O=[N+]([O-])c1[c-]cccc1.[Y]. The second-order valence-electron chi connectivity index (χ2n) is 1.50. The van der Waals surface area contributed by atoms with Crippen LogP contribution >= 0.6 is 0 Å². The van der Waals surface area contributed by atoms with Gasteiger partial charge in [-0.05, 0) is 0 Å². The van der Waals surface area contributed by atoms with Gasteiger partial charge in [0.25, 0.3) is 0 Å². The van der Waals surface area contributed by atoms with Gasteiger partial charge in [0, 0.05) is 37.6 Å². The van der Waals surface area contributed by atoms with Crippen LogP contribution in [-0.4, -0.2) is 4.92 Å². The maximum absolute atomic E-state index is 9.98. The molecule has 3 nitrogen and oxygen atoms in total. The van der Waals surface area contributed by atoms with Crippen LogP contribution < -0.4 is 0 Å². The number of non-ortho nitro benzene ring substituents is 1. The van der Waals surface area contributed by atoms with Crippen LogP contribution in [-0.2, 0) is 32.7 Å². The van der Waals surface area contributed by atoms with Gasteiger partial charge in [0.1, 0.15) is 0 Å². The van der Waals surface area contributed by atoms with Gasteiger partial charge >= 0.3 is 0 Å². The normalized spacial score (nSPS) is 8.00.